The quantitative estimate of drug-likeness (QED) is 0.0956. The SMILES string of the molecule is COC(=O)C[C@H]1CN2CC[C@H]1C[C@H]2[C@H](OC(=O)C[C@H]1CN2CC[C@H]1C[C@H]2[C@H](O[Si](C)(C)C(C)(C)C)c1ccnc2ccc(OC)cc12)c1ccnc2ccc(OC)cc12. The van der Waals surface area contributed by atoms with E-state index >= 15 is 0 Å². The Morgan fingerprint density at radius 2 is 1.22 bits per heavy atom. The van der Waals surface area contributed by atoms with Crippen molar-refractivity contribution in [3.05, 3.63) is 72.1 Å². The number of benzene rings is 2. The van der Waals surface area contributed by atoms with E-state index in [0.717, 1.165) is 96.3 Å². The Morgan fingerprint density at radius 3 is 1.68 bits per heavy atom. The second-order valence-corrected chi connectivity index (χ2v) is 23.7. The van der Waals surface area contributed by atoms with Crippen LogP contribution in [0.2, 0.25) is 18.1 Å². The number of ether oxygens (including phenoxy) is 4. The molecule has 10 rings (SSSR count). The minimum atomic E-state index is -2.22. The Hall–Kier alpha value is -4.10. The van der Waals surface area contributed by atoms with E-state index in [1.165, 1.54) is 7.11 Å². The van der Waals surface area contributed by atoms with E-state index in [0.29, 0.717) is 24.7 Å². The highest BCUT2D eigenvalue weighted by Crippen LogP contribution is 2.49. The molecule has 8 heterocycles. The molecular weight excluding hydrogens is 761 g/mol. The van der Waals surface area contributed by atoms with Crippen LogP contribution in [0.1, 0.15) is 82.6 Å². The summed E-state index contributed by atoms with van der Waals surface area (Å²) in [5, 5.41) is 2.02. The monoisotopic (exact) mass is 822 g/mol. The lowest BCUT2D eigenvalue weighted by Crippen LogP contribution is -2.57. The second-order valence-electron chi connectivity index (χ2n) is 19.0. The van der Waals surface area contributed by atoms with E-state index in [9.17, 15) is 9.59 Å². The van der Waals surface area contributed by atoms with Crippen molar-refractivity contribution in [2.75, 3.05) is 47.5 Å². The summed E-state index contributed by atoms with van der Waals surface area (Å²) in [7, 11) is 2.61. The molecule has 2 aromatic heterocycles. The molecule has 6 aliphatic rings. The first-order chi connectivity index (χ1) is 28.3. The maximum atomic E-state index is 14.5. The van der Waals surface area contributed by atoms with Gasteiger partial charge in [0.25, 0.3) is 0 Å². The molecule has 4 aromatic rings. The predicted octanol–water partition coefficient (Wildman–Crippen LogP) is 8.52. The van der Waals surface area contributed by atoms with Gasteiger partial charge in [0.05, 0.1) is 44.5 Å². The number of piperidine rings is 6. The van der Waals surface area contributed by atoms with Gasteiger partial charge >= 0.3 is 11.9 Å². The topological polar surface area (TPSA) is 113 Å². The zero-order chi connectivity index (χ0) is 41.6. The fourth-order valence-corrected chi connectivity index (χ4v) is 11.7. The summed E-state index contributed by atoms with van der Waals surface area (Å²) in [5.74, 6) is 2.34. The molecule has 0 spiro atoms. The molecule has 0 radical (unpaired) electrons. The van der Waals surface area contributed by atoms with Gasteiger partial charge in [-0.2, -0.15) is 0 Å². The molecule has 6 fully saturated rings. The van der Waals surface area contributed by atoms with Crippen molar-refractivity contribution in [3.63, 3.8) is 0 Å². The summed E-state index contributed by atoms with van der Waals surface area (Å²) in [5.41, 5.74) is 3.87. The molecule has 0 amide bonds. The lowest BCUT2D eigenvalue weighted by Gasteiger charge is -2.54. The Bertz CT molecular complexity index is 2180. The lowest BCUT2D eigenvalue weighted by molar-refractivity contribution is -0.162. The minimum Gasteiger partial charge on any atom is -0.497 e. The number of aromatic nitrogens is 2. The third-order valence-electron chi connectivity index (χ3n) is 14.7. The van der Waals surface area contributed by atoms with E-state index in [2.05, 4.69) is 60.8 Å². The number of methoxy groups -OCH3 is 3. The fraction of sp³-hybridized carbons (Fsp3) is 0.574. The van der Waals surface area contributed by atoms with Crippen LogP contribution in [0, 0.1) is 23.7 Å². The van der Waals surface area contributed by atoms with Crippen molar-refractivity contribution in [1.29, 1.82) is 0 Å². The minimum absolute atomic E-state index is 0.0126. The Morgan fingerprint density at radius 1 is 0.729 bits per heavy atom. The summed E-state index contributed by atoms with van der Waals surface area (Å²) < 4.78 is 30.6. The molecule has 11 nitrogen and oxygen atoms in total. The van der Waals surface area contributed by atoms with Gasteiger partial charge in [-0.15, -0.1) is 0 Å². The first kappa shape index (κ1) is 41.6. The molecule has 6 saturated heterocycles. The third-order valence-corrected chi connectivity index (χ3v) is 19.2. The smallest absolute Gasteiger partial charge is 0.306 e. The molecule has 59 heavy (non-hydrogen) atoms. The number of hydrogen-bond donors (Lipinski definition) is 0. The summed E-state index contributed by atoms with van der Waals surface area (Å²) in [6, 6.07) is 16.3. The Balaban J connectivity index is 1.05. The molecule has 4 bridgehead atoms. The van der Waals surface area contributed by atoms with Gasteiger partial charge in [-0.1, -0.05) is 20.8 Å². The molecule has 0 saturated carbocycles. The van der Waals surface area contributed by atoms with E-state index < -0.39 is 14.4 Å². The van der Waals surface area contributed by atoms with Crippen molar-refractivity contribution < 1.29 is 33.0 Å². The molecule has 0 aliphatic carbocycles. The van der Waals surface area contributed by atoms with Gasteiger partial charge < -0.3 is 23.4 Å². The largest absolute Gasteiger partial charge is 0.497 e. The fourth-order valence-electron chi connectivity index (χ4n) is 10.4. The number of rotatable bonds is 13. The first-order valence-corrected chi connectivity index (χ1v) is 24.4. The van der Waals surface area contributed by atoms with E-state index in [-0.39, 0.29) is 47.0 Å². The van der Waals surface area contributed by atoms with Crippen LogP contribution in [0.3, 0.4) is 0 Å². The van der Waals surface area contributed by atoms with Crippen LogP contribution in [0.15, 0.2) is 60.9 Å². The van der Waals surface area contributed by atoms with Crippen LogP contribution >= 0.6 is 0 Å². The summed E-state index contributed by atoms with van der Waals surface area (Å²) in [6.45, 7) is 15.1. The van der Waals surface area contributed by atoms with Gasteiger partial charge in [0.2, 0.25) is 0 Å². The maximum Gasteiger partial charge on any atom is 0.306 e. The van der Waals surface area contributed by atoms with E-state index in [1.807, 2.05) is 48.8 Å². The normalized spacial score (nSPS) is 27.7. The molecule has 316 valence electrons. The van der Waals surface area contributed by atoms with Crippen LogP contribution in [-0.4, -0.2) is 99.6 Å². The highest BCUT2D eigenvalue weighted by Gasteiger charge is 2.49. The van der Waals surface area contributed by atoms with Crippen LogP contribution in [0.25, 0.3) is 21.8 Å². The van der Waals surface area contributed by atoms with Crippen LogP contribution in [0.5, 0.6) is 11.5 Å². The van der Waals surface area contributed by atoms with Crippen LogP contribution < -0.4 is 9.47 Å². The van der Waals surface area contributed by atoms with Gasteiger partial charge in [0.1, 0.15) is 17.6 Å². The highest BCUT2D eigenvalue weighted by molar-refractivity contribution is 6.74. The molecular formula is C47H62N4O7Si. The highest BCUT2D eigenvalue weighted by atomic mass is 28.4. The van der Waals surface area contributed by atoms with Gasteiger partial charge in [-0.05, 0) is 135 Å². The first-order valence-electron chi connectivity index (χ1n) is 21.5. The lowest BCUT2D eigenvalue weighted by atomic mass is 9.72. The molecule has 12 heteroatoms. The second kappa shape index (κ2) is 16.7. The number of nitrogens with zero attached hydrogens (tertiary/aromatic N) is 4. The number of esters is 2. The van der Waals surface area contributed by atoms with Crippen molar-refractivity contribution >= 4 is 42.1 Å². The van der Waals surface area contributed by atoms with Gasteiger partial charge in [-0.3, -0.25) is 29.4 Å². The van der Waals surface area contributed by atoms with E-state index in [1.54, 1.807) is 14.2 Å². The molecule has 10 atom stereocenters. The summed E-state index contributed by atoms with van der Waals surface area (Å²) in [4.78, 5) is 41.2. The number of fused-ring (bicyclic) bond motifs is 8. The van der Waals surface area contributed by atoms with Crippen LogP contribution in [-0.2, 0) is 23.5 Å². The van der Waals surface area contributed by atoms with Crippen molar-refractivity contribution in [2.24, 2.45) is 23.7 Å². The summed E-state index contributed by atoms with van der Waals surface area (Å²) >= 11 is 0. The Kier molecular flexibility index (Phi) is 11.8. The number of carbonyl (C=O) groups is 2. The number of carbonyl (C=O) groups excluding carboxylic acids is 2. The van der Waals surface area contributed by atoms with Crippen molar-refractivity contribution in [1.82, 2.24) is 19.8 Å². The third kappa shape index (κ3) is 8.34. The van der Waals surface area contributed by atoms with Gasteiger partial charge in [-0.25, -0.2) is 0 Å². The summed E-state index contributed by atoms with van der Waals surface area (Å²) in [6.07, 6.45) is 7.73. The predicted molar refractivity (Wildman–Crippen MR) is 231 cm³/mol. The average molecular weight is 823 g/mol. The number of pyridine rings is 2. The molecule has 2 aromatic carbocycles. The Labute approximate surface area is 350 Å². The average Bonchev–Trinajstić information content (AvgIpc) is 3.24. The van der Waals surface area contributed by atoms with Crippen LogP contribution in [0.4, 0.5) is 0 Å². The van der Waals surface area contributed by atoms with Crippen molar-refractivity contribution in [3.8, 4) is 11.5 Å². The van der Waals surface area contributed by atoms with Gasteiger partial charge in [0.15, 0.2) is 8.32 Å². The van der Waals surface area contributed by atoms with Crippen molar-refractivity contribution in [2.45, 2.75) is 102 Å². The molecule has 2 unspecified atom stereocenters. The molecule has 6 aliphatic heterocycles. The zero-order valence-electron chi connectivity index (χ0n) is 36.1. The van der Waals surface area contributed by atoms with Gasteiger partial charge in [0, 0.05) is 60.7 Å². The van der Waals surface area contributed by atoms with E-state index in [4.69, 9.17) is 28.4 Å². The zero-order valence-corrected chi connectivity index (χ0v) is 37.1. The molecule has 0 N–H and O–H groups in total. The number of hydrogen-bond acceptors (Lipinski definition) is 11. The maximum absolute atomic E-state index is 14.5. The standard InChI is InChI=1S/C47H62N4O7Si/c1-47(2,3)59(7,8)58-46(36-14-18-49-40-12-10-34(55-5)26-38(36)40)42-22-30-16-20-51(42)28-32(30)24-44(53)57-45(35-13-17-48-39-11-9-33(54-4)25-37(35)39)41-21-29-15-19-50(41)27-31(29)23-43(52)56-6/h9-14,17-18,25-26,29-32,41-42,45-46H,15-16,19-24,27-28H2,1-8H3/t29-,30-,31-,32-,41-,42-,45+,46+/m0/s1.